The smallest absolute Gasteiger partial charge is 0.239 e. The highest BCUT2D eigenvalue weighted by Gasteiger charge is 2.30. The summed E-state index contributed by atoms with van der Waals surface area (Å²) < 4.78 is 0. The Morgan fingerprint density at radius 2 is 2.00 bits per heavy atom. The van der Waals surface area contributed by atoms with Gasteiger partial charge in [0.05, 0.1) is 0 Å². The number of hydrogen-bond acceptors (Lipinski definition) is 2. The van der Waals surface area contributed by atoms with Gasteiger partial charge in [-0.3, -0.25) is 10.1 Å². The summed E-state index contributed by atoms with van der Waals surface area (Å²) in [7, 11) is 0. The Morgan fingerprint density at radius 1 is 1.38 bits per heavy atom. The number of benzene rings is 1. The first-order valence-electron chi connectivity index (χ1n) is 5.79. The molecule has 0 unspecified atom stereocenters. The Balaban J connectivity index is 2.08. The highest BCUT2D eigenvalue weighted by Crippen LogP contribution is 2.33. The first-order valence-corrected chi connectivity index (χ1v) is 5.79. The summed E-state index contributed by atoms with van der Waals surface area (Å²) in [5, 5.41) is 3.32. The number of nitrogens with one attached hydrogen (secondary N) is 1. The molecule has 3 N–H and O–H groups in total. The van der Waals surface area contributed by atoms with E-state index < -0.39 is 0 Å². The third kappa shape index (κ3) is 2.61. The lowest BCUT2D eigenvalue weighted by Crippen LogP contribution is -2.39. The molecule has 2 atom stereocenters. The molecule has 1 fully saturated rings. The predicted molar refractivity (Wildman–Crippen MR) is 63.7 cm³/mol. The highest BCUT2D eigenvalue weighted by atomic mass is 16.1. The zero-order valence-electron chi connectivity index (χ0n) is 9.52. The second kappa shape index (κ2) is 4.66. The molecule has 1 aliphatic rings. The van der Waals surface area contributed by atoms with Crippen LogP contribution in [0.5, 0.6) is 0 Å². The van der Waals surface area contributed by atoms with Crippen LogP contribution in [0.1, 0.15) is 31.4 Å². The summed E-state index contributed by atoms with van der Waals surface area (Å²) in [6.45, 7) is 2.12. The Labute approximate surface area is 96.0 Å². The van der Waals surface area contributed by atoms with Crippen LogP contribution in [0.4, 0.5) is 0 Å². The van der Waals surface area contributed by atoms with E-state index in [4.69, 9.17) is 5.73 Å². The Hall–Kier alpha value is -1.35. The first-order chi connectivity index (χ1) is 7.68. The second-order valence-corrected chi connectivity index (χ2v) is 4.54. The number of nitrogens with two attached hydrogens (primary N) is 1. The molecule has 1 amide bonds. The molecule has 0 saturated heterocycles. The van der Waals surface area contributed by atoms with Crippen LogP contribution in [0.2, 0.25) is 0 Å². The summed E-state index contributed by atoms with van der Waals surface area (Å²) in [5.74, 6) is 0.407. The molecule has 0 bridgehead atoms. The molecule has 0 spiro atoms. The van der Waals surface area contributed by atoms with Gasteiger partial charge in [0.25, 0.3) is 0 Å². The van der Waals surface area contributed by atoms with E-state index in [1.807, 2.05) is 30.3 Å². The van der Waals surface area contributed by atoms with Gasteiger partial charge >= 0.3 is 0 Å². The van der Waals surface area contributed by atoms with E-state index >= 15 is 0 Å². The molecule has 1 aliphatic carbocycles. The van der Waals surface area contributed by atoms with Crippen molar-refractivity contribution in [1.29, 1.82) is 0 Å². The lowest BCUT2D eigenvalue weighted by molar-refractivity contribution is -0.120. The normalized spacial score (nSPS) is 19.1. The molecule has 1 saturated carbocycles. The van der Waals surface area contributed by atoms with Gasteiger partial charge in [0.15, 0.2) is 0 Å². The maximum atomic E-state index is 11.4. The molecular formula is C13H18N2O. The Morgan fingerprint density at radius 3 is 2.50 bits per heavy atom. The Bertz CT molecular complexity index is 359. The summed E-state index contributed by atoms with van der Waals surface area (Å²) in [6, 6.07) is 9.65. The predicted octanol–water partition coefficient (Wildman–Crippen LogP) is 1.60. The van der Waals surface area contributed by atoms with Crippen LogP contribution in [0.3, 0.4) is 0 Å². The molecule has 0 heterocycles. The van der Waals surface area contributed by atoms with Crippen molar-refractivity contribution in [2.45, 2.75) is 31.8 Å². The average molecular weight is 218 g/mol. The van der Waals surface area contributed by atoms with Gasteiger partial charge in [-0.2, -0.15) is 0 Å². The standard InChI is InChI=1S/C13H18N2O/c1-9(10-7-8-10)15-12(13(14)16)11-5-3-2-4-6-11/h2-6,9-10,12,15H,7-8H2,1H3,(H2,14,16)/t9-,12-/m1/s1. The molecular weight excluding hydrogens is 200 g/mol. The lowest BCUT2D eigenvalue weighted by Gasteiger charge is -2.21. The van der Waals surface area contributed by atoms with Crippen LogP contribution >= 0.6 is 0 Å². The lowest BCUT2D eigenvalue weighted by atomic mass is 10.0. The van der Waals surface area contributed by atoms with Crippen molar-refractivity contribution in [2.24, 2.45) is 11.7 Å². The number of carbonyl (C=O) groups is 1. The van der Waals surface area contributed by atoms with Crippen LogP contribution < -0.4 is 11.1 Å². The first kappa shape index (κ1) is 11.1. The quantitative estimate of drug-likeness (QED) is 0.788. The topological polar surface area (TPSA) is 55.1 Å². The van der Waals surface area contributed by atoms with Crippen LogP contribution in [0, 0.1) is 5.92 Å². The monoisotopic (exact) mass is 218 g/mol. The van der Waals surface area contributed by atoms with E-state index in [2.05, 4.69) is 12.2 Å². The van der Waals surface area contributed by atoms with Crippen molar-refractivity contribution >= 4 is 5.91 Å². The number of amides is 1. The summed E-state index contributed by atoms with van der Waals surface area (Å²) in [6.07, 6.45) is 2.52. The van der Waals surface area contributed by atoms with Crippen LogP contribution in [-0.4, -0.2) is 11.9 Å². The van der Waals surface area contributed by atoms with Gasteiger partial charge in [0.2, 0.25) is 5.91 Å². The molecule has 1 aromatic carbocycles. The van der Waals surface area contributed by atoms with E-state index in [-0.39, 0.29) is 11.9 Å². The second-order valence-electron chi connectivity index (χ2n) is 4.54. The fourth-order valence-corrected chi connectivity index (χ4v) is 1.98. The van der Waals surface area contributed by atoms with Crippen LogP contribution in [-0.2, 0) is 4.79 Å². The minimum Gasteiger partial charge on any atom is -0.368 e. The van der Waals surface area contributed by atoms with Crippen molar-refractivity contribution in [2.75, 3.05) is 0 Å². The van der Waals surface area contributed by atoms with Gasteiger partial charge in [-0.1, -0.05) is 30.3 Å². The van der Waals surface area contributed by atoms with Crippen molar-refractivity contribution in [1.82, 2.24) is 5.32 Å². The van der Waals surface area contributed by atoms with E-state index in [0.29, 0.717) is 12.0 Å². The van der Waals surface area contributed by atoms with Crippen molar-refractivity contribution in [3.63, 3.8) is 0 Å². The zero-order valence-corrected chi connectivity index (χ0v) is 9.52. The Kier molecular flexibility index (Phi) is 3.25. The molecule has 0 aromatic heterocycles. The average Bonchev–Trinajstić information content (AvgIpc) is 3.10. The minimum atomic E-state index is -0.364. The molecule has 86 valence electrons. The SMILES string of the molecule is C[C@@H](N[C@@H](C(N)=O)c1ccccc1)C1CC1. The molecule has 16 heavy (non-hydrogen) atoms. The van der Waals surface area contributed by atoms with Crippen LogP contribution in [0.15, 0.2) is 30.3 Å². The van der Waals surface area contributed by atoms with Gasteiger partial charge in [-0.05, 0) is 31.2 Å². The summed E-state index contributed by atoms with van der Waals surface area (Å²) in [5.41, 5.74) is 6.38. The summed E-state index contributed by atoms with van der Waals surface area (Å²) >= 11 is 0. The molecule has 3 heteroatoms. The number of carbonyl (C=O) groups excluding carboxylic acids is 1. The fraction of sp³-hybridized carbons (Fsp3) is 0.462. The van der Waals surface area contributed by atoms with Crippen LogP contribution in [0.25, 0.3) is 0 Å². The van der Waals surface area contributed by atoms with Gasteiger partial charge in [0, 0.05) is 6.04 Å². The van der Waals surface area contributed by atoms with Gasteiger partial charge in [-0.15, -0.1) is 0 Å². The molecule has 3 nitrogen and oxygen atoms in total. The van der Waals surface area contributed by atoms with Crippen molar-refractivity contribution < 1.29 is 4.79 Å². The number of hydrogen-bond donors (Lipinski definition) is 2. The molecule has 2 rings (SSSR count). The third-order valence-electron chi connectivity index (χ3n) is 3.18. The summed E-state index contributed by atoms with van der Waals surface area (Å²) in [4.78, 5) is 11.4. The van der Waals surface area contributed by atoms with Crippen molar-refractivity contribution in [3.05, 3.63) is 35.9 Å². The maximum Gasteiger partial charge on any atom is 0.239 e. The largest absolute Gasteiger partial charge is 0.368 e. The van der Waals surface area contributed by atoms with Gasteiger partial charge in [-0.25, -0.2) is 0 Å². The number of rotatable bonds is 5. The van der Waals surface area contributed by atoms with E-state index in [1.54, 1.807) is 0 Å². The molecule has 0 radical (unpaired) electrons. The van der Waals surface area contributed by atoms with Crippen molar-refractivity contribution in [3.8, 4) is 0 Å². The maximum absolute atomic E-state index is 11.4. The van der Waals surface area contributed by atoms with E-state index in [1.165, 1.54) is 12.8 Å². The fourth-order valence-electron chi connectivity index (χ4n) is 1.98. The van der Waals surface area contributed by atoms with E-state index in [9.17, 15) is 4.79 Å². The van der Waals surface area contributed by atoms with Gasteiger partial charge < -0.3 is 5.73 Å². The van der Waals surface area contributed by atoms with E-state index in [0.717, 1.165) is 5.56 Å². The molecule has 1 aromatic rings. The zero-order chi connectivity index (χ0) is 11.5. The third-order valence-corrected chi connectivity index (χ3v) is 3.18. The minimum absolute atomic E-state index is 0.307. The van der Waals surface area contributed by atoms with Gasteiger partial charge in [0.1, 0.15) is 6.04 Å². The molecule has 0 aliphatic heterocycles. The number of primary amides is 1. The highest BCUT2D eigenvalue weighted by molar-refractivity contribution is 5.81.